The van der Waals surface area contributed by atoms with Gasteiger partial charge in [0.05, 0.1) is 11.0 Å². The molecule has 0 aliphatic rings. The van der Waals surface area contributed by atoms with E-state index in [1.54, 1.807) is 45.2 Å². The number of nitro groups is 1. The normalized spacial score (nSPS) is 12.0. The lowest BCUT2D eigenvalue weighted by Gasteiger charge is -2.13. The number of aliphatic hydroxyl groups is 1. The van der Waals surface area contributed by atoms with Crippen molar-refractivity contribution in [2.45, 2.75) is 26.9 Å². The van der Waals surface area contributed by atoms with Crippen molar-refractivity contribution in [2.75, 3.05) is 0 Å². The minimum Gasteiger partial charge on any atom is -0.438 e. The molecular formula is C15H16N2O4. The van der Waals surface area contributed by atoms with Crippen molar-refractivity contribution >= 4 is 5.69 Å². The lowest BCUT2D eigenvalue weighted by Crippen LogP contribution is -2.00. The van der Waals surface area contributed by atoms with Crippen LogP contribution in [0.4, 0.5) is 5.69 Å². The van der Waals surface area contributed by atoms with E-state index < -0.39 is 11.0 Å². The Hall–Kier alpha value is -2.47. The van der Waals surface area contributed by atoms with Crippen molar-refractivity contribution in [3.05, 3.63) is 57.3 Å². The van der Waals surface area contributed by atoms with E-state index in [4.69, 9.17) is 4.74 Å². The van der Waals surface area contributed by atoms with Gasteiger partial charge in [-0.25, -0.2) is 4.98 Å². The Morgan fingerprint density at radius 2 is 2.05 bits per heavy atom. The average Bonchev–Trinajstić information content (AvgIpc) is 2.42. The third-order valence-electron chi connectivity index (χ3n) is 3.15. The van der Waals surface area contributed by atoms with Gasteiger partial charge in [0.1, 0.15) is 5.75 Å². The van der Waals surface area contributed by atoms with Crippen LogP contribution in [0.3, 0.4) is 0 Å². The van der Waals surface area contributed by atoms with Gasteiger partial charge in [-0.1, -0.05) is 0 Å². The van der Waals surface area contributed by atoms with Gasteiger partial charge < -0.3 is 9.84 Å². The van der Waals surface area contributed by atoms with Crippen molar-refractivity contribution in [1.82, 2.24) is 4.98 Å². The molecule has 0 amide bonds. The number of hydrogen-bond acceptors (Lipinski definition) is 5. The van der Waals surface area contributed by atoms with E-state index >= 15 is 0 Å². The average molecular weight is 288 g/mol. The number of nitro benzene ring substituents is 1. The first-order chi connectivity index (χ1) is 9.90. The highest BCUT2D eigenvalue weighted by Crippen LogP contribution is 2.33. The fourth-order valence-electron chi connectivity index (χ4n) is 1.99. The maximum Gasteiger partial charge on any atom is 0.272 e. The third kappa shape index (κ3) is 3.17. The van der Waals surface area contributed by atoms with E-state index in [1.807, 2.05) is 0 Å². The molecule has 21 heavy (non-hydrogen) atoms. The second-order valence-corrected chi connectivity index (χ2v) is 4.84. The minimum absolute atomic E-state index is 0.0524. The first-order valence-electron chi connectivity index (χ1n) is 6.46. The van der Waals surface area contributed by atoms with E-state index in [0.717, 1.165) is 0 Å². The Balaban J connectivity index is 2.41. The number of benzene rings is 1. The molecular weight excluding hydrogens is 272 g/mol. The zero-order valence-corrected chi connectivity index (χ0v) is 12.0. The number of rotatable bonds is 4. The summed E-state index contributed by atoms with van der Waals surface area (Å²) in [5.41, 5.74) is 1.76. The second-order valence-electron chi connectivity index (χ2n) is 4.84. The molecule has 0 fully saturated rings. The molecule has 2 aromatic rings. The van der Waals surface area contributed by atoms with Gasteiger partial charge in [0.15, 0.2) is 0 Å². The molecule has 0 unspecified atom stereocenters. The number of aryl methyl sites for hydroxylation is 2. The van der Waals surface area contributed by atoms with Crippen LogP contribution < -0.4 is 4.74 Å². The molecule has 6 nitrogen and oxygen atoms in total. The van der Waals surface area contributed by atoms with E-state index in [2.05, 4.69) is 4.98 Å². The van der Waals surface area contributed by atoms with Gasteiger partial charge in [0.2, 0.25) is 5.88 Å². The van der Waals surface area contributed by atoms with Crippen LogP contribution in [0.1, 0.15) is 29.7 Å². The van der Waals surface area contributed by atoms with Crippen LogP contribution in [0.2, 0.25) is 0 Å². The molecule has 1 atom stereocenters. The first kappa shape index (κ1) is 14.9. The predicted molar refractivity (Wildman–Crippen MR) is 77.5 cm³/mol. The highest BCUT2D eigenvalue weighted by molar-refractivity contribution is 5.50. The van der Waals surface area contributed by atoms with Crippen LogP contribution in [-0.4, -0.2) is 15.0 Å². The van der Waals surface area contributed by atoms with E-state index in [-0.39, 0.29) is 5.69 Å². The summed E-state index contributed by atoms with van der Waals surface area (Å²) in [5, 5.41) is 20.6. The Kier molecular flexibility index (Phi) is 4.18. The zero-order chi connectivity index (χ0) is 15.6. The van der Waals surface area contributed by atoms with Crippen molar-refractivity contribution in [3.8, 4) is 11.6 Å². The van der Waals surface area contributed by atoms with Crippen molar-refractivity contribution in [1.29, 1.82) is 0 Å². The lowest BCUT2D eigenvalue weighted by molar-refractivity contribution is -0.385. The van der Waals surface area contributed by atoms with Crippen molar-refractivity contribution in [2.24, 2.45) is 0 Å². The van der Waals surface area contributed by atoms with Gasteiger partial charge in [-0.2, -0.15) is 0 Å². The van der Waals surface area contributed by atoms with Crippen LogP contribution in [-0.2, 0) is 0 Å². The zero-order valence-electron chi connectivity index (χ0n) is 12.0. The molecule has 1 N–H and O–H groups in total. The standard InChI is InChI=1S/C15H16N2O4/c1-9-8-14(10(2)7-13(9)17(19)20)21-15-12(11(3)18)5-4-6-16-15/h4-8,11,18H,1-3H3/t11-/m0/s1. The molecule has 1 aromatic carbocycles. The van der Waals surface area contributed by atoms with E-state index in [1.165, 1.54) is 6.07 Å². The number of nitrogens with zero attached hydrogens (tertiary/aromatic N) is 2. The van der Waals surface area contributed by atoms with Gasteiger partial charge in [-0.05, 0) is 44.5 Å². The summed E-state index contributed by atoms with van der Waals surface area (Å²) in [7, 11) is 0. The summed E-state index contributed by atoms with van der Waals surface area (Å²) in [4.78, 5) is 14.6. The molecule has 0 saturated heterocycles. The Morgan fingerprint density at radius 1 is 1.33 bits per heavy atom. The first-order valence-corrected chi connectivity index (χ1v) is 6.46. The number of ether oxygens (including phenoxy) is 1. The Morgan fingerprint density at radius 3 is 2.67 bits per heavy atom. The summed E-state index contributed by atoms with van der Waals surface area (Å²) in [6, 6.07) is 6.51. The van der Waals surface area contributed by atoms with E-state index in [9.17, 15) is 15.2 Å². The highest BCUT2D eigenvalue weighted by Gasteiger charge is 2.16. The monoisotopic (exact) mass is 288 g/mol. The predicted octanol–water partition coefficient (Wildman–Crippen LogP) is 3.45. The molecule has 1 aromatic heterocycles. The Bertz CT molecular complexity index is 683. The largest absolute Gasteiger partial charge is 0.438 e. The molecule has 0 spiro atoms. The molecule has 110 valence electrons. The molecule has 0 radical (unpaired) electrons. The Labute approximate surface area is 122 Å². The SMILES string of the molecule is Cc1cc([N+](=O)[O-])c(C)cc1Oc1ncccc1[C@H](C)O. The molecule has 0 aliphatic carbocycles. The summed E-state index contributed by atoms with van der Waals surface area (Å²) >= 11 is 0. The number of hydrogen-bond donors (Lipinski definition) is 1. The number of aromatic nitrogens is 1. The van der Waals surface area contributed by atoms with Gasteiger partial charge in [0.25, 0.3) is 5.69 Å². The molecule has 0 saturated carbocycles. The van der Waals surface area contributed by atoms with Crippen LogP contribution in [0.25, 0.3) is 0 Å². The summed E-state index contributed by atoms with van der Waals surface area (Å²) < 4.78 is 5.72. The number of pyridine rings is 1. The fraction of sp³-hybridized carbons (Fsp3) is 0.267. The second kappa shape index (κ2) is 5.88. The maximum atomic E-state index is 10.9. The summed E-state index contributed by atoms with van der Waals surface area (Å²) in [6.07, 6.45) is 0.850. The minimum atomic E-state index is -0.715. The van der Waals surface area contributed by atoms with E-state index in [0.29, 0.717) is 28.3 Å². The topological polar surface area (TPSA) is 85.5 Å². The molecule has 6 heteroatoms. The fourth-order valence-corrected chi connectivity index (χ4v) is 1.99. The van der Waals surface area contributed by atoms with Crippen molar-refractivity contribution in [3.63, 3.8) is 0 Å². The molecule has 1 heterocycles. The van der Waals surface area contributed by atoms with Crippen LogP contribution in [0.15, 0.2) is 30.5 Å². The maximum absolute atomic E-state index is 10.9. The van der Waals surface area contributed by atoms with Crippen LogP contribution in [0, 0.1) is 24.0 Å². The van der Waals surface area contributed by atoms with Crippen LogP contribution in [0.5, 0.6) is 11.6 Å². The van der Waals surface area contributed by atoms with Gasteiger partial charge in [0, 0.05) is 23.4 Å². The third-order valence-corrected chi connectivity index (χ3v) is 3.15. The summed E-state index contributed by atoms with van der Waals surface area (Å²) in [6.45, 7) is 5.00. The molecule has 2 rings (SSSR count). The highest BCUT2D eigenvalue weighted by atomic mass is 16.6. The van der Waals surface area contributed by atoms with Gasteiger partial charge in [-0.15, -0.1) is 0 Å². The smallest absolute Gasteiger partial charge is 0.272 e. The molecule has 0 bridgehead atoms. The lowest BCUT2D eigenvalue weighted by atomic mass is 10.1. The molecule has 0 aliphatic heterocycles. The van der Waals surface area contributed by atoms with Crippen LogP contribution >= 0.6 is 0 Å². The van der Waals surface area contributed by atoms with Crippen molar-refractivity contribution < 1.29 is 14.8 Å². The number of aliphatic hydroxyl groups excluding tert-OH is 1. The summed E-state index contributed by atoms with van der Waals surface area (Å²) in [5.74, 6) is 0.780. The van der Waals surface area contributed by atoms with Gasteiger partial charge in [-0.3, -0.25) is 10.1 Å². The van der Waals surface area contributed by atoms with Gasteiger partial charge >= 0.3 is 0 Å². The quantitative estimate of drug-likeness (QED) is 0.688.